The summed E-state index contributed by atoms with van der Waals surface area (Å²) < 4.78 is 40.7. The maximum absolute atomic E-state index is 6.80. The van der Waals surface area contributed by atoms with E-state index < -0.39 is 10.8 Å². The molecule has 0 amide bonds. The summed E-state index contributed by atoms with van der Waals surface area (Å²) in [5.41, 5.74) is 4.29. The Morgan fingerprint density at radius 3 is 0.509 bits per heavy atom. The average molecular weight is 1490 g/mol. The molecule has 0 fully saturated rings. The van der Waals surface area contributed by atoms with Crippen molar-refractivity contribution in [2.75, 3.05) is 39.6 Å². The molecule has 6 nitrogen and oxygen atoms in total. The molecular formula is C104H140O6. The van der Waals surface area contributed by atoms with Gasteiger partial charge in [0.25, 0.3) is 0 Å². The van der Waals surface area contributed by atoms with Crippen LogP contribution in [0.25, 0.3) is 0 Å². The first-order valence-corrected chi connectivity index (χ1v) is 45.1. The normalized spacial score (nSPS) is 22.1. The molecule has 6 aromatic rings. The lowest BCUT2D eigenvalue weighted by Crippen LogP contribution is -2.28. The van der Waals surface area contributed by atoms with Gasteiger partial charge in [-0.25, -0.2) is 0 Å². The van der Waals surface area contributed by atoms with E-state index in [1.165, 1.54) is 270 Å². The lowest BCUT2D eigenvalue weighted by molar-refractivity contribution is 0.302. The second-order valence-corrected chi connectivity index (χ2v) is 32.5. The number of benzene rings is 6. The van der Waals surface area contributed by atoms with E-state index in [1.807, 2.05) is 0 Å². The van der Waals surface area contributed by atoms with Crippen molar-refractivity contribution < 1.29 is 28.4 Å². The summed E-state index contributed by atoms with van der Waals surface area (Å²) in [6.45, 7) is 4.04. The molecule has 2 unspecified atom stereocenters. The van der Waals surface area contributed by atoms with Crippen molar-refractivity contribution in [1.82, 2.24) is 0 Å². The van der Waals surface area contributed by atoms with Crippen molar-refractivity contribution in [2.24, 2.45) is 11.8 Å². The van der Waals surface area contributed by atoms with Crippen LogP contribution < -0.4 is 28.4 Å². The zero-order chi connectivity index (χ0) is 75.6. The summed E-state index contributed by atoms with van der Waals surface area (Å²) in [6.07, 6.45) is 74.5. The number of fused-ring (bicyclic) bond motifs is 20. The van der Waals surface area contributed by atoms with Crippen molar-refractivity contribution in [3.63, 3.8) is 0 Å². The highest BCUT2D eigenvalue weighted by molar-refractivity contribution is 5.63. The van der Waals surface area contributed by atoms with Gasteiger partial charge in [0.15, 0.2) is 0 Å². The van der Waals surface area contributed by atoms with Crippen LogP contribution in [-0.2, 0) is 10.8 Å². The molecule has 0 saturated heterocycles. The Bertz CT molecular complexity index is 3340. The quantitative estimate of drug-likeness (QED) is 0.112. The molecule has 10 rings (SSSR count). The van der Waals surface area contributed by atoms with Crippen LogP contribution in [0.2, 0.25) is 0 Å². The molecule has 2 spiro atoms. The minimum absolute atomic E-state index is 0.270. The fourth-order valence-corrected chi connectivity index (χ4v) is 16.8. The van der Waals surface area contributed by atoms with Crippen LogP contribution in [0.3, 0.4) is 0 Å². The Kier molecular flexibility index (Phi) is 40.1. The van der Waals surface area contributed by atoms with E-state index in [0.717, 1.165) is 106 Å². The van der Waals surface area contributed by atoms with Crippen molar-refractivity contribution in [2.45, 2.75) is 319 Å². The smallest absolute Gasteiger partial charge is 0.119 e. The number of hydrogen-bond acceptors (Lipinski definition) is 6. The van der Waals surface area contributed by atoms with Gasteiger partial charge in [-0.1, -0.05) is 403 Å². The highest BCUT2D eigenvalue weighted by Crippen LogP contribution is 2.45. The van der Waals surface area contributed by atoms with Gasteiger partial charge in [-0.05, 0) is 145 Å². The van der Waals surface area contributed by atoms with E-state index >= 15 is 0 Å². The number of allylic oxidation sites excluding steroid dienone is 6. The Morgan fingerprint density at radius 2 is 0.345 bits per heavy atom. The number of hydrogen-bond donors (Lipinski definition) is 0. The largest absolute Gasteiger partial charge is 0.494 e. The second kappa shape index (κ2) is 51.9. The van der Waals surface area contributed by atoms with Crippen LogP contribution in [0.1, 0.15) is 342 Å². The Morgan fingerprint density at radius 1 is 0.191 bits per heavy atom. The molecule has 6 aromatic carbocycles. The van der Waals surface area contributed by atoms with Crippen molar-refractivity contribution in [3.05, 3.63) is 215 Å². The first-order valence-electron chi connectivity index (χ1n) is 45.1. The predicted octanol–water partition coefficient (Wildman–Crippen LogP) is 29.0. The lowest BCUT2D eigenvalue weighted by Gasteiger charge is -2.32. The van der Waals surface area contributed by atoms with Crippen molar-refractivity contribution >= 4 is 0 Å². The molecule has 0 N–H and O–H groups in total. The summed E-state index contributed by atoms with van der Waals surface area (Å²) >= 11 is 0. The fourth-order valence-electron chi connectivity index (χ4n) is 16.8. The van der Waals surface area contributed by atoms with Crippen LogP contribution in [0.5, 0.6) is 34.5 Å². The van der Waals surface area contributed by atoms with Crippen LogP contribution in [0.4, 0.5) is 0 Å². The Hall–Kier alpha value is -7.54. The van der Waals surface area contributed by atoms with Gasteiger partial charge in [-0.2, -0.15) is 0 Å². The van der Waals surface area contributed by atoms with Gasteiger partial charge in [0.2, 0.25) is 0 Å². The fraction of sp³-hybridized carbons (Fsp3) is 0.558. The molecular weight excluding hydrogens is 1350 g/mol. The van der Waals surface area contributed by atoms with Gasteiger partial charge in [0, 0.05) is 0 Å². The molecule has 110 heavy (non-hydrogen) atoms. The maximum Gasteiger partial charge on any atom is 0.119 e. The first-order chi connectivity index (χ1) is 54.6. The molecule has 3 aliphatic heterocycles. The van der Waals surface area contributed by atoms with E-state index in [2.05, 4.69) is 206 Å². The molecule has 3 heterocycles. The summed E-state index contributed by atoms with van der Waals surface area (Å²) in [5.74, 6) is 20.8. The minimum Gasteiger partial charge on any atom is -0.494 e. The van der Waals surface area contributed by atoms with Gasteiger partial charge in [-0.3, -0.25) is 0 Å². The van der Waals surface area contributed by atoms with Crippen LogP contribution in [0.15, 0.2) is 182 Å². The maximum atomic E-state index is 6.80. The Balaban J connectivity index is 1.05. The van der Waals surface area contributed by atoms with Gasteiger partial charge in [-0.15, -0.1) is 0 Å². The molecule has 0 radical (unpaired) electrons. The summed E-state index contributed by atoms with van der Waals surface area (Å²) in [7, 11) is 0. The topological polar surface area (TPSA) is 55.4 Å². The van der Waals surface area contributed by atoms with Gasteiger partial charge in [0.1, 0.15) is 45.3 Å². The third kappa shape index (κ3) is 30.2. The predicted molar refractivity (Wildman–Crippen MR) is 463 cm³/mol. The minimum atomic E-state index is -0.977. The van der Waals surface area contributed by atoms with Gasteiger partial charge >= 0.3 is 0 Å². The second-order valence-electron chi connectivity index (χ2n) is 32.5. The summed E-state index contributed by atoms with van der Waals surface area (Å²) in [6, 6.07) is 52.8. The standard InChI is InChI=1S/C104H140O6/c1-2-8-14-20-26-32-38-46-78-106-98-66-52-60-92(84-98)103(91-59-51-65-97(83-91)105-77-45-37-31-25-19-13-7-1)75-73-89-57-43-44-58-90(72-71-89)74-76-104(93-61-53-67-99(85-93)107-79-47-39-33-27-21-15-9-3-4-10-16-22-28-34-40-48-80-108-100-68-54-62-94(104)86-100)96-64-56-70-102(88-96)110-82-50-42-36-30-24-18-12-6-5-11-17-23-29-35-41-49-81-109-101-69-55-63-95(103)87-101/h43-44,51-72,83-90H,1-42,45-50,77-82H2/b57-43-,58-44-,72-71-. The van der Waals surface area contributed by atoms with E-state index in [9.17, 15) is 0 Å². The monoisotopic (exact) mass is 1490 g/mol. The molecule has 1 aliphatic carbocycles. The van der Waals surface area contributed by atoms with E-state index in [0.29, 0.717) is 39.6 Å². The van der Waals surface area contributed by atoms with Crippen molar-refractivity contribution in [3.8, 4) is 58.2 Å². The molecule has 6 heteroatoms. The molecule has 0 saturated carbocycles. The average Bonchev–Trinajstić information content (AvgIpc) is 0.755. The summed E-state index contributed by atoms with van der Waals surface area (Å²) in [5, 5.41) is 0. The molecule has 14 bridgehead atoms. The Labute approximate surface area is 668 Å². The van der Waals surface area contributed by atoms with Crippen LogP contribution >= 0.6 is 0 Å². The number of rotatable bonds is 0. The molecule has 2 atom stereocenters. The van der Waals surface area contributed by atoms with Crippen LogP contribution in [0, 0.1) is 35.5 Å². The third-order valence-electron chi connectivity index (χ3n) is 23.5. The van der Waals surface area contributed by atoms with Crippen LogP contribution in [-0.4, -0.2) is 39.6 Å². The molecule has 592 valence electrons. The lowest BCUT2D eigenvalue weighted by atomic mass is 9.69. The number of ether oxygens (including phenoxy) is 6. The van der Waals surface area contributed by atoms with Gasteiger partial charge < -0.3 is 28.4 Å². The molecule has 0 aromatic heterocycles. The highest BCUT2D eigenvalue weighted by Gasteiger charge is 2.38. The van der Waals surface area contributed by atoms with E-state index in [-0.39, 0.29) is 11.8 Å². The zero-order valence-electron chi connectivity index (χ0n) is 68.1. The molecule has 4 aliphatic rings. The van der Waals surface area contributed by atoms with E-state index in [1.54, 1.807) is 0 Å². The zero-order valence-corrected chi connectivity index (χ0v) is 68.1. The first kappa shape index (κ1) is 84.9. The van der Waals surface area contributed by atoms with E-state index in [4.69, 9.17) is 28.4 Å². The van der Waals surface area contributed by atoms with Crippen molar-refractivity contribution in [1.29, 1.82) is 0 Å². The SMILES string of the molecule is C1#CC2(c3cccc(c3)OCCCCCCCCCCCCCCCCCCOc3cccc2c3)c2cccc(c2)OCCCCCCCCCCCCCCCCCCOc2cccc(c2)C2(C#CC3/C=C\C=C/C1/C=C\3)c1cccc(c1)OCCCCCCCCCCCCCCCCCCOc1cccc2c1. The highest BCUT2D eigenvalue weighted by atomic mass is 16.5. The van der Waals surface area contributed by atoms with Gasteiger partial charge in [0.05, 0.1) is 51.5 Å². The third-order valence-corrected chi connectivity index (χ3v) is 23.5. The summed E-state index contributed by atoms with van der Waals surface area (Å²) in [4.78, 5) is 0.